The molecule has 0 spiro atoms. The second kappa shape index (κ2) is 7.08. The molecule has 0 N–H and O–H groups in total. The molecule has 1 aromatic rings. The Labute approximate surface area is 127 Å². The van der Waals surface area contributed by atoms with Gasteiger partial charge in [0.1, 0.15) is 11.4 Å². The molecule has 0 atom stereocenters. The molecule has 0 saturated heterocycles. The smallest absolute Gasteiger partial charge is 0.164 e. The minimum atomic E-state index is -0.529. The van der Waals surface area contributed by atoms with E-state index in [1.807, 2.05) is 24.3 Å². The molecule has 3 heteroatoms. The van der Waals surface area contributed by atoms with Crippen LogP contribution in [0.15, 0.2) is 24.3 Å². The molecule has 0 aliphatic heterocycles. The van der Waals surface area contributed by atoms with Crippen molar-refractivity contribution in [1.82, 2.24) is 0 Å². The predicted octanol–water partition coefficient (Wildman–Crippen LogP) is 3.79. The van der Waals surface area contributed by atoms with E-state index in [0.717, 1.165) is 37.9 Å². The van der Waals surface area contributed by atoms with Crippen molar-refractivity contribution in [3.63, 3.8) is 0 Å². The Morgan fingerprint density at radius 3 is 2.33 bits per heavy atom. The standard InChI is InChI=1S/C18H26O3/c1-14-10-12-18(21-3,13-11-14)17(19)9-6-15-4-7-16(20-2)8-5-15/h4-5,7-8,14H,6,9-13H2,1-3H3. The summed E-state index contributed by atoms with van der Waals surface area (Å²) in [6.07, 6.45) is 5.22. The van der Waals surface area contributed by atoms with Gasteiger partial charge in [-0.15, -0.1) is 0 Å². The minimum Gasteiger partial charge on any atom is -0.497 e. The van der Waals surface area contributed by atoms with E-state index in [2.05, 4.69) is 6.92 Å². The van der Waals surface area contributed by atoms with Gasteiger partial charge in [-0.05, 0) is 55.7 Å². The van der Waals surface area contributed by atoms with Crippen LogP contribution in [-0.4, -0.2) is 25.6 Å². The molecule has 21 heavy (non-hydrogen) atoms. The third-order valence-electron chi connectivity index (χ3n) is 4.78. The Morgan fingerprint density at radius 2 is 1.81 bits per heavy atom. The van der Waals surface area contributed by atoms with Crippen molar-refractivity contribution in [3.05, 3.63) is 29.8 Å². The number of ketones is 1. The number of methoxy groups -OCH3 is 2. The van der Waals surface area contributed by atoms with E-state index in [1.54, 1.807) is 14.2 Å². The van der Waals surface area contributed by atoms with Crippen LogP contribution in [0.2, 0.25) is 0 Å². The number of hydrogen-bond donors (Lipinski definition) is 0. The second-order valence-corrected chi connectivity index (χ2v) is 6.15. The third-order valence-corrected chi connectivity index (χ3v) is 4.78. The zero-order valence-electron chi connectivity index (χ0n) is 13.4. The summed E-state index contributed by atoms with van der Waals surface area (Å²) >= 11 is 0. The Balaban J connectivity index is 1.93. The highest BCUT2D eigenvalue weighted by molar-refractivity contribution is 5.87. The van der Waals surface area contributed by atoms with Crippen molar-refractivity contribution in [3.8, 4) is 5.75 Å². The monoisotopic (exact) mass is 290 g/mol. The molecular formula is C18H26O3. The first-order chi connectivity index (χ1) is 10.1. The Morgan fingerprint density at radius 1 is 1.19 bits per heavy atom. The first kappa shape index (κ1) is 16.0. The molecule has 1 aliphatic rings. The van der Waals surface area contributed by atoms with Crippen molar-refractivity contribution in [2.75, 3.05) is 14.2 Å². The summed E-state index contributed by atoms with van der Waals surface area (Å²) in [4.78, 5) is 12.6. The second-order valence-electron chi connectivity index (χ2n) is 6.15. The molecule has 0 radical (unpaired) electrons. The number of benzene rings is 1. The van der Waals surface area contributed by atoms with Crippen LogP contribution in [0.1, 0.15) is 44.6 Å². The summed E-state index contributed by atoms with van der Waals surface area (Å²) in [6, 6.07) is 7.92. The molecule has 1 aromatic carbocycles. The zero-order valence-corrected chi connectivity index (χ0v) is 13.4. The van der Waals surface area contributed by atoms with Crippen molar-refractivity contribution in [2.45, 2.75) is 51.0 Å². The average Bonchev–Trinajstić information content (AvgIpc) is 2.54. The van der Waals surface area contributed by atoms with Crippen LogP contribution in [0.3, 0.4) is 0 Å². The van der Waals surface area contributed by atoms with Crippen molar-refractivity contribution >= 4 is 5.78 Å². The van der Waals surface area contributed by atoms with Gasteiger partial charge in [-0.2, -0.15) is 0 Å². The topological polar surface area (TPSA) is 35.5 Å². The van der Waals surface area contributed by atoms with Gasteiger partial charge in [0.05, 0.1) is 7.11 Å². The number of hydrogen-bond acceptors (Lipinski definition) is 3. The highest BCUT2D eigenvalue weighted by atomic mass is 16.5. The zero-order chi connectivity index (χ0) is 15.3. The van der Waals surface area contributed by atoms with E-state index in [9.17, 15) is 4.79 Å². The number of aryl methyl sites for hydroxylation is 1. The fourth-order valence-corrected chi connectivity index (χ4v) is 3.10. The van der Waals surface area contributed by atoms with Crippen molar-refractivity contribution in [1.29, 1.82) is 0 Å². The molecule has 0 unspecified atom stereocenters. The summed E-state index contributed by atoms with van der Waals surface area (Å²) < 4.78 is 10.8. The fourth-order valence-electron chi connectivity index (χ4n) is 3.10. The van der Waals surface area contributed by atoms with E-state index in [-0.39, 0.29) is 5.78 Å². The third kappa shape index (κ3) is 3.85. The van der Waals surface area contributed by atoms with Crippen LogP contribution in [0, 0.1) is 5.92 Å². The molecule has 2 rings (SSSR count). The van der Waals surface area contributed by atoms with Crippen molar-refractivity contribution < 1.29 is 14.3 Å². The lowest BCUT2D eigenvalue weighted by Crippen LogP contribution is -2.44. The average molecular weight is 290 g/mol. The largest absolute Gasteiger partial charge is 0.497 e. The SMILES string of the molecule is COc1ccc(CCC(=O)C2(OC)CCC(C)CC2)cc1. The van der Waals surface area contributed by atoms with Gasteiger partial charge in [-0.1, -0.05) is 19.1 Å². The molecule has 0 bridgehead atoms. The number of carbonyl (C=O) groups is 1. The Hall–Kier alpha value is -1.35. The quantitative estimate of drug-likeness (QED) is 0.799. The van der Waals surface area contributed by atoms with Gasteiger partial charge >= 0.3 is 0 Å². The van der Waals surface area contributed by atoms with Crippen LogP contribution in [-0.2, 0) is 16.0 Å². The highest BCUT2D eigenvalue weighted by Gasteiger charge is 2.40. The van der Waals surface area contributed by atoms with Gasteiger partial charge in [0, 0.05) is 13.5 Å². The first-order valence-corrected chi connectivity index (χ1v) is 7.81. The lowest BCUT2D eigenvalue weighted by Gasteiger charge is -2.37. The Kier molecular flexibility index (Phi) is 5.40. The summed E-state index contributed by atoms with van der Waals surface area (Å²) in [6.45, 7) is 2.25. The van der Waals surface area contributed by atoms with Gasteiger partial charge in [-0.25, -0.2) is 0 Å². The molecule has 3 nitrogen and oxygen atoms in total. The highest BCUT2D eigenvalue weighted by Crippen LogP contribution is 2.36. The number of ether oxygens (including phenoxy) is 2. The summed E-state index contributed by atoms with van der Waals surface area (Å²) in [5.41, 5.74) is 0.637. The maximum absolute atomic E-state index is 12.6. The van der Waals surface area contributed by atoms with E-state index in [4.69, 9.17) is 9.47 Å². The van der Waals surface area contributed by atoms with Gasteiger partial charge in [0.25, 0.3) is 0 Å². The molecule has 1 fully saturated rings. The van der Waals surface area contributed by atoms with Crippen LogP contribution >= 0.6 is 0 Å². The first-order valence-electron chi connectivity index (χ1n) is 7.81. The fraction of sp³-hybridized carbons (Fsp3) is 0.611. The molecule has 0 heterocycles. The Bertz CT molecular complexity index is 456. The van der Waals surface area contributed by atoms with Gasteiger partial charge in [0.15, 0.2) is 5.78 Å². The molecule has 1 saturated carbocycles. The maximum atomic E-state index is 12.6. The summed E-state index contributed by atoms with van der Waals surface area (Å²) in [5.74, 6) is 1.81. The van der Waals surface area contributed by atoms with E-state index < -0.39 is 5.60 Å². The molecule has 0 amide bonds. The maximum Gasteiger partial charge on any atom is 0.164 e. The normalized spacial score (nSPS) is 25.6. The summed E-state index contributed by atoms with van der Waals surface area (Å²) in [5, 5.41) is 0. The van der Waals surface area contributed by atoms with E-state index >= 15 is 0 Å². The van der Waals surface area contributed by atoms with Crippen LogP contribution in [0.25, 0.3) is 0 Å². The molecular weight excluding hydrogens is 264 g/mol. The van der Waals surface area contributed by atoms with Crippen LogP contribution < -0.4 is 4.74 Å². The van der Waals surface area contributed by atoms with Gasteiger partial charge in [0.2, 0.25) is 0 Å². The number of rotatable bonds is 6. The van der Waals surface area contributed by atoms with Crippen LogP contribution in [0.4, 0.5) is 0 Å². The predicted molar refractivity (Wildman–Crippen MR) is 83.7 cm³/mol. The lowest BCUT2D eigenvalue weighted by atomic mass is 9.76. The van der Waals surface area contributed by atoms with Gasteiger partial charge < -0.3 is 9.47 Å². The lowest BCUT2D eigenvalue weighted by molar-refractivity contribution is -0.146. The van der Waals surface area contributed by atoms with Gasteiger partial charge in [-0.3, -0.25) is 4.79 Å². The van der Waals surface area contributed by atoms with Crippen LogP contribution in [0.5, 0.6) is 5.75 Å². The number of Topliss-reactive ketones (excluding diaryl/α,β-unsaturated/α-hetero) is 1. The number of carbonyl (C=O) groups excluding carboxylic acids is 1. The molecule has 1 aliphatic carbocycles. The summed E-state index contributed by atoms with van der Waals surface area (Å²) in [7, 11) is 3.34. The van der Waals surface area contributed by atoms with E-state index in [1.165, 1.54) is 5.56 Å². The minimum absolute atomic E-state index is 0.257. The molecule has 0 aromatic heterocycles. The van der Waals surface area contributed by atoms with Crippen molar-refractivity contribution in [2.24, 2.45) is 5.92 Å². The van der Waals surface area contributed by atoms with E-state index in [0.29, 0.717) is 12.3 Å². The molecule has 116 valence electrons.